The van der Waals surface area contributed by atoms with Gasteiger partial charge in [0, 0.05) is 16.7 Å². The van der Waals surface area contributed by atoms with Crippen molar-refractivity contribution in [3.63, 3.8) is 0 Å². The summed E-state index contributed by atoms with van der Waals surface area (Å²) in [4.78, 5) is 0. The molecular weight excluding hydrogens is 382 g/mol. The van der Waals surface area contributed by atoms with Crippen LogP contribution in [-0.2, 0) is 0 Å². The first-order chi connectivity index (χ1) is 9.51. The van der Waals surface area contributed by atoms with Gasteiger partial charge in [0.2, 0.25) is 0 Å². The van der Waals surface area contributed by atoms with Crippen molar-refractivity contribution in [2.75, 3.05) is 11.9 Å². The van der Waals surface area contributed by atoms with Gasteiger partial charge in [0.05, 0.1) is 21.1 Å². The predicted octanol–water partition coefficient (Wildman–Crippen LogP) is 5.52. The van der Waals surface area contributed by atoms with E-state index < -0.39 is 0 Å². The Balaban J connectivity index is 2.23. The van der Waals surface area contributed by atoms with Crippen LogP contribution in [-0.4, -0.2) is 6.54 Å². The third kappa shape index (κ3) is 3.80. The molecule has 2 rings (SSSR count). The largest absolute Gasteiger partial charge is 0.377 e. The fraction of sp³-hybridized carbons (Fsp3) is 0.143. The van der Waals surface area contributed by atoms with Gasteiger partial charge < -0.3 is 11.1 Å². The SMILES string of the molecule is NCC(Nc1ccc(Cl)c(Br)c1)c1ccc(Cl)c(Cl)c1. The zero-order valence-corrected chi connectivity index (χ0v) is 14.2. The molecule has 2 aromatic rings. The molecule has 20 heavy (non-hydrogen) atoms. The summed E-state index contributed by atoms with van der Waals surface area (Å²) in [6.07, 6.45) is 0. The quantitative estimate of drug-likeness (QED) is 0.716. The van der Waals surface area contributed by atoms with Crippen molar-refractivity contribution in [3.05, 3.63) is 61.5 Å². The number of nitrogens with one attached hydrogen (secondary N) is 1. The van der Waals surface area contributed by atoms with Gasteiger partial charge in [0.25, 0.3) is 0 Å². The van der Waals surface area contributed by atoms with Crippen molar-refractivity contribution in [3.8, 4) is 0 Å². The molecule has 0 aliphatic heterocycles. The van der Waals surface area contributed by atoms with Crippen molar-refractivity contribution in [1.82, 2.24) is 0 Å². The molecule has 0 fully saturated rings. The first kappa shape index (κ1) is 15.9. The first-order valence-electron chi connectivity index (χ1n) is 5.88. The molecule has 0 bridgehead atoms. The molecule has 0 aromatic heterocycles. The minimum atomic E-state index is -0.0576. The molecule has 0 heterocycles. The van der Waals surface area contributed by atoms with E-state index in [1.807, 2.05) is 30.3 Å². The van der Waals surface area contributed by atoms with Crippen molar-refractivity contribution in [2.24, 2.45) is 5.73 Å². The minimum absolute atomic E-state index is 0.0576. The number of benzene rings is 2. The van der Waals surface area contributed by atoms with Crippen LogP contribution >= 0.6 is 50.7 Å². The van der Waals surface area contributed by atoms with E-state index in [1.165, 1.54) is 0 Å². The summed E-state index contributed by atoms with van der Waals surface area (Å²) >= 11 is 21.3. The smallest absolute Gasteiger partial charge is 0.0636 e. The van der Waals surface area contributed by atoms with Gasteiger partial charge in [0.15, 0.2) is 0 Å². The zero-order chi connectivity index (χ0) is 14.7. The lowest BCUT2D eigenvalue weighted by Gasteiger charge is -2.19. The highest BCUT2D eigenvalue weighted by atomic mass is 79.9. The van der Waals surface area contributed by atoms with Crippen LogP contribution in [0.1, 0.15) is 11.6 Å². The van der Waals surface area contributed by atoms with Crippen LogP contribution in [0.25, 0.3) is 0 Å². The summed E-state index contributed by atoms with van der Waals surface area (Å²) in [6.45, 7) is 0.429. The van der Waals surface area contributed by atoms with Crippen molar-refractivity contribution in [2.45, 2.75) is 6.04 Å². The van der Waals surface area contributed by atoms with Crippen LogP contribution in [0.15, 0.2) is 40.9 Å². The molecule has 0 aliphatic carbocycles. The highest BCUT2D eigenvalue weighted by Crippen LogP contribution is 2.29. The second kappa shape index (κ2) is 7.01. The molecule has 0 spiro atoms. The summed E-state index contributed by atoms with van der Waals surface area (Å²) in [6, 6.07) is 11.1. The van der Waals surface area contributed by atoms with Crippen LogP contribution in [0.4, 0.5) is 5.69 Å². The summed E-state index contributed by atoms with van der Waals surface area (Å²) in [5.74, 6) is 0. The van der Waals surface area contributed by atoms with E-state index in [0.717, 1.165) is 15.7 Å². The maximum absolute atomic E-state index is 6.04. The van der Waals surface area contributed by atoms with Crippen LogP contribution in [0.2, 0.25) is 15.1 Å². The van der Waals surface area contributed by atoms with E-state index >= 15 is 0 Å². The zero-order valence-electron chi connectivity index (χ0n) is 10.3. The average molecular weight is 395 g/mol. The van der Waals surface area contributed by atoms with Gasteiger partial charge in [-0.15, -0.1) is 0 Å². The van der Waals surface area contributed by atoms with E-state index in [1.54, 1.807) is 6.07 Å². The van der Waals surface area contributed by atoms with E-state index in [0.29, 0.717) is 21.6 Å². The average Bonchev–Trinajstić information content (AvgIpc) is 2.43. The number of hydrogen-bond donors (Lipinski definition) is 2. The number of anilines is 1. The third-order valence-electron chi connectivity index (χ3n) is 2.84. The van der Waals surface area contributed by atoms with Gasteiger partial charge in [-0.05, 0) is 51.8 Å². The van der Waals surface area contributed by atoms with E-state index in [-0.39, 0.29) is 6.04 Å². The van der Waals surface area contributed by atoms with Gasteiger partial charge in [-0.3, -0.25) is 0 Å². The van der Waals surface area contributed by atoms with Crippen LogP contribution in [0.3, 0.4) is 0 Å². The Kier molecular flexibility index (Phi) is 5.58. The first-order valence-corrected chi connectivity index (χ1v) is 7.80. The number of rotatable bonds is 4. The topological polar surface area (TPSA) is 38.0 Å². The van der Waals surface area contributed by atoms with Gasteiger partial charge >= 0.3 is 0 Å². The molecule has 3 N–H and O–H groups in total. The summed E-state index contributed by atoms with van der Waals surface area (Å²) < 4.78 is 0.828. The molecule has 1 unspecified atom stereocenters. The van der Waals surface area contributed by atoms with Crippen molar-refractivity contribution in [1.29, 1.82) is 0 Å². The monoisotopic (exact) mass is 392 g/mol. The number of hydrogen-bond acceptors (Lipinski definition) is 2. The lowest BCUT2D eigenvalue weighted by Crippen LogP contribution is -2.20. The summed E-state index contributed by atoms with van der Waals surface area (Å²) in [5, 5.41) is 5.05. The van der Waals surface area contributed by atoms with Gasteiger partial charge in [-0.1, -0.05) is 40.9 Å². The highest BCUT2D eigenvalue weighted by molar-refractivity contribution is 9.10. The van der Waals surface area contributed by atoms with Crippen LogP contribution in [0, 0.1) is 0 Å². The molecule has 6 heteroatoms. The third-order valence-corrected chi connectivity index (χ3v) is 4.80. The normalized spacial score (nSPS) is 12.2. The lowest BCUT2D eigenvalue weighted by molar-refractivity contribution is 0.790. The fourth-order valence-electron chi connectivity index (χ4n) is 1.79. The summed E-state index contributed by atoms with van der Waals surface area (Å²) in [5.41, 5.74) is 7.73. The Hall–Kier alpha value is -0.450. The lowest BCUT2D eigenvalue weighted by atomic mass is 10.1. The van der Waals surface area contributed by atoms with Gasteiger partial charge in [-0.25, -0.2) is 0 Å². The Morgan fingerprint density at radius 2 is 1.70 bits per heavy atom. The highest BCUT2D eigenvalue weighted by Gasteiger charge is 2.12. The molecular formula is C14H12BrCl3N2. The Morgan fingerprint density at radius 1 is 1.00 bits per heavy atom. The molecule has 2 aromatic carbocycles. The second-order valence-electron chi connectivity index (χ2n) is 4.24. The second-order valence-corrected chi connectivity index (χ2v) is 6.31. The molecule has 106 valence electrons. The molecule has 2 nitrogen and oxygen atoms in total. The molecule has 0 saturated carbocycles. The van der Waals surface area contributed by atoms with Crippen LogP contribution in [0.5, 0.6) is 0 Å². The molecule has 0 radical (unpaired) electrons. The van der Waals surface area contributed by atoms with Gasteiger partial charge in [0.1, 0.15) is 0 Å². The standard InChI is InChI=1S/C14H12BrCl3N2/c15-10-6-9(2-4-11(10)16)20-14(7-19)8-1-3-12(17)13(18)5-8/h1-6,14,20H,7,19H2. The maximum Gasteiger partial charge on any atom is 0.0636 e. The van der Waals surface area contributed by atoms with Crippen LogP contribution < -0.4 is 11.1 Å². The molecule has 1 atom stereocenters. The van der Waals surface area contributed by atoms with Crippen molar-refractivity contribution < 1.29 is 0 Å². The Bertz CT molecular complexity index is 619. The molecule has 0 aliphatic rings. The van der Waals surface area contributed by atoms with E-state index in [2.05, 4.69) is 21.2 Å². The van der Waals surface area contributed by atoms with E-state index in [4.69, 9.17) is 40.5 Å². The predicted molar refractivity (Wildman–Crippen MR) is 91.0 cm³/mol. The number of halogens is 4. The fourth-order valence-corrected chi connectivity index (χ4v) is 2.60. The van der Waals surface area contributed by atoms with E-state index in [9.17, 15) is 0 Å². The summed E-state index contributed by atoms with van der Waals surface area (Å²) in [7, 11) is 0. The Labute approximate surface area is 141 Å². The number of nitrogens with two attached hydrogens (primary N) is 1. The Morgan fingerprint density at radius 3 is 2.30 bits per heavy atom. The molecule has 0 saturated heterocycles. The minimum Gasteiger partial charge on any atom is -0.377 e. The van der Waals surface area contributed by atoms with Crippen molar-refractivity contribution >= 4 is 56.4 Å². The molecule has 0 amide bonds. The van der Waals surface area contributed by atoms with Gasteiger partial charge in [-0.2, -0.15) is 0 Å². The maximum atomic E-state index is 6.04.